The van der Waals surface area contributed by atoms with E-state index in [1.54, 1.807) is 0 Å². The molecule has 1 aliphatic carbocycles. The first kappa shape index (κ1) is 18.1. The maximum absolute atomic E-state index is 12.9. The summed E-state index contributed by atoms with van der Waals surface area (Å²) in [5, 5.41) is 0.773. The van der Waals surface area contributed by atoms with Crippen LogP contribution in [-0.2, 0) is 9.53 Å². The van der Waals surface area contributed by atoms with Gasteiger partial charge >= 0.3 is 0 Å². The van der Waals surface area contributed by atoms with Crippen molar-refractivity contribution in [1.29, 1.82) is 0 Å². The molecule has 1 amide bonds. The van der Waals surface area contributed by atoms with Gasteiger partial charge in [0.2, 0.25) is 5.91 Å². The highest BCUT2D eigenvalue weighted by atomic mass is 35.5. The number of rotatable bonds is 3. The summed E-state index contributed by atoms with van der Waals surface area (Å²) in [5.74, 6) is 0.279. The minimum atomic E-state index is 0.265. The van der Waals surface area contributed by atoms with Gasteiger partial charge in [-0.1, -0.05) is 30.5 Å². The molecule has 0 spiro atoms. The first-order valence-corrected chi connectivity index (χ1v) is 10.2. The number of carbonyl (C=O) groups excluding carboxylic acids is 1. The molecule has 6 heteroatoms. The van der Waals surface area contributed by atoms with Crippen molar-refractivity contribution in [2.45, 2.75) is 37.8 Å². The van der Waals surface area contributed by atoms with Gasteiger partial charge in [0.05, 0.1) is 25.3 Å². The predicted molar refractivity (Wildman–Crippen MR) is 104 cm³/mol. The summed E-state index contributed by atoms with van der Waals surface area (Å²) in [4.78, 5) is 19.7. The Labute approximate surface area is 160 Å². The zero-order chi connectivity index (χ0) is 17.9. The van der Waals surface area contributed by atoms with Crippen molar-refractivity contribution in [2.24, 2.45) is 0 Å². The summed E-state index contributed by atoms with van der Waals surface area (Å²) in [5.41, 5.74) is 1.17. The van der Waals surface area contributed by atoms with Crippen LogP contribution in [0.5, 0.6) is 0 Å². The maximum atomic E-state index is 12.9. The number of amides is 1. The van der Waals surface area contributed by atoms with E-state index in [1.165, 1.54) is 18.5 Å². The van der Waals surface area contributed by atoms with Gasteiger partial charge in [-0.05, 0) is 31.0 Å². The van der Waals surface area contributed by atoms with Crippen molar-refractivity contribution in [3.63, 3.8) is 0 Å². The van der Waals surface area contributed by atoms with Gasteiger partial charge in [0.1, 0.15) is 0 Å². The Balaban J connectivity index is 1.30. The molecule has 3 aliphatic rings. The van der Waals surface area contributed by atoms with E-state index in [-0.39, 0.29) is 12.0 Å². The van der Waals surface area contributed by atoms with Gasteiger partial charge in [0.25, 0.3) is 0 Å². The lowest BCUT2D eigenvalue weighted by molar-refractivity contribution is -0.150. The number of fused-ring (bicyclic) bond motifs is 1. The zero-order valence-corrected chi connectivity index (χ0v) is 16.0. The normalized spacial score (nSPS) is 27.3. The number of carbonyl (C=O) groups is 1. The van der Waals surface area contributed by atoms with Crippen LogP contribution in [0, 0.1) is 0 Å². The van der Waals surface area contributed by atoms with Gasteiger partial charge < -0.3 is 14.5 Å². The number of halogens is 1. The van der Waals surface area contributed by atoms with E-state index in [1.807, 2.05) is 18.2 Å². The van der Waals surface area contributed by atoms with Gasteiger partial charge in [-0.2, -0.15) is 0 Å². The fourth-order valence-electron chi connectivity index (χ4n) is 4.53. The van der Waals surface area contributed by atoms with Crippen molar-refractivity contribution in [2.75, 3.05) is 50.8 Å². The molecule has 4 rings (SSSR count). The predicted octanol–water partition coefficient (Wildman–Crippen LogP) is 2.63. The van der Waals surface area contributed by atoms with Crippen LogP contribution < -0.4 is 4.90 Å². The van der Waals surface area contributed by atoms with Gasteiger partial charge in [0, 0.05) is 43.4 Å². The molecule has 142 valence electrons. The van der Waals surface area contributed by atoms with Crippen LogP contribution in [-0.4, -0.2) is 73.7 Å². The molecule has 26 heavy (non-hydrogen) atoms. The first-order valence-electron chi connectivity index (χ1n) is 9.85. The lowest BCUT2D eigenvalue weighted by Crippen LogP contribution is -2.58. The molecule has 1 aromatic carbocycles. The van der Waals surface area contributed by atoms with Gasteiger partial charge in [0.15, 0.2) is 0 Å². The monoisotopic (exact) mass is 377 g/mol. The molecule has 2 atom stereocenters. The lowest BCUT2D eigenvalue weighted by Gasteiger charge is -2.44. The van der Waals surface area contributed by atoms with E-state index in [9.17, 15) is 4.79 Å². The molecule has 0 N–H and O–H groups in total. The fourth-order valence-corrected chi connectivity index (χ4v) is 4.71. The number of benzene rings is 1. The molecule has 0 unspecified atom stereocenters. The van der Waals surface area contributed by atoms with Crippen molar-refractivity contribution in [3.8, 4) is 0 Å². The molecule has 0 bridgehead atoms. The Bertz CT molecular complexity index is 631. The Morgan fingerprint density at radius 2 is 1.92 bits per heavy atom. The standard InChI is InChI=1S/C20H28ClN3O2/c21-16-4-3-5-17(14-16)23-10-8-22(9-11-23)15-20(25)24-12-13-26-19-7-2-1-6-18(19)24/h3-5,14,18-19H,1-2,6-13,15H2/t18-,19+/m0/s1. The minimum absolute atomic E-state index is 0.265. The highest BCUT2D eigenvalue weighted by Crippen LogP contribution is 2.28. The van der Waals surface area contributed by atoms with Crippen molar-refractivity contribution < 1.29 is 9.53 Å². The quantitative estimate of drug-likeness (QED) is 0.811. The van der Waals surface area contributed by atoms with Gasteiger partial charge in [-0.3, -0.25) is 9.69 Å². The van der Waals surface area contributed by atoms with Crippen molar-refractivity contribution in [3.05, 3.63) is 29.3 Å². The Morgan fingerprint density at radius 1 is 1.12 bits per heavy atom. The van der Waals surface area contributed by atoms with Crippen LogP contribution >= 0.6 is 11.6 Å². The number of piperazine rings is 1. The number of hydrogen-bond donors (Lipinski definition) is 0. The number of hydrogen-bond acceptors (Lipinski definition) is 4. The van der Waals surface area contributed by atoms with E-state index in [4.69, 9.17) is 16.3 Å². The largest absolute Gasteiger partial charge is 0.374 e. The summed E-state index contributed by atoms with van der Waals surface area (Å²) >= 11 is 6.11. The summed E-state index contributed by atoms with van der Waals surface area (Å²) in [6, 6.07) is 8.31. The molecule has 1 aromatic rings. The average molecular weight is 378 g/mol. The lowest BCUT2D eigenvalue weighted by atomic mass is 9.90. The summed E-state index contributed by atoms with van der Waals surface area (Å²) in [6.07, 6.45) is 4.91. The van der Waals surface area contributed by atoms with Crippen LogP contribution in [0.1, 0.15) is 25.7 Å². The smallest absolute Gasteiger partial charge is 0.237 e. The second-order valence-corrected chi connectivity index (χ2v) is 8.03. The van der Waals surface area contributed by atoms with Crippen LogP contribution in [0.25, 0.3) is 0 Å². The third kappa shape index (κ3) is 4.00. The van der Waals surface area contributed by atoms with E-state index in [2.05, 4.69) is 20.8 Å². The third-order valence-electron chi connectivity index (χ3n) is 5.96. The Morgan fingerprint density at radius 3 is 2.73 bits per heavy atom. The second kappa shape index (κ2) is 8.15. The topological polar surface area (TPSA) is 36.0 Å². The Kier molecular flexibility index (Phi) is 5.67. The van der Waals surface area contributed by atoms with Gasteiger partial charge in [-0.25, -0.2) is 0 Å². The molecular formula is C20H28ClN3O2. The number of ether oxygens (including phenoxy) is 1. The van der Waals surface area contributed by atoms with Crippen molar-refractivity contribution in [1.82, 2.24) is 9.80 Å². The molecule has 2 saturated heterocycles. The highest BCUT2D eigenvalue weighted by Gasteiger charge is 2.37. The minimum Gasteiger partial charge on any atom is -0.374 e. The van der Waals surface area contributed by atoms with Crippen LogP contribution in [0.2, 0.25) is 5.02 Å². The first-order chi connectivity index (χ1) is 12.7. The Hall–Kier alpha value is -1.30. The molecule has 0 aromatic heterocycles. The number of morpholine rings is 1. The SMILES string of the molecule is O=C(CN1CCN(c2cccc(Cl)c2)CC1)N1CCO[C@@H]2CCCC[C@@H]21. The molecule has 3 fully saturated rings. The molecule has 2 aliphatic heterocycles. The maximum Gasteiger partial charge on any atom is 0.237 e. The second-order valence-electron chi connectivity index (χ2n) is 7.59. The molecule has 1 saturated carbocycles. The average Bonchev–Trinajstić information content (AvgIpc) is 2.68. The van der Waals surface area contributed by atoms with Crippen LogP contribution in [0.15, 0.2) is 24.3 Å². The van der Waals surface area contributed by atoms with E-state index < -0.39 is 0 Å². The van der Waals surface area contributed by atoms with E-state index in [0.29, 0.717) is 19.2 Å². The summed E-state index contributed by atoms with van der Waals surface area (Å²) in [6.45, 7) is 5.67. The van der Waals surface area contributed by atoms with Crippen LogP contribution in [0.4, 0.5) is 5.69 Å². The molecular weight excluding hydrogens is 350 g/mol. The number of anilines is 1. The molecule has 2 heterocycles. The van der Waals surface area contributed by atoms with E-state index in [0.717, 1.165) is 50.6 Å². The molecule has 0 radical (unpaired) electrons. The van der Waals surface area contributed by atoms with Crippen molar-refractivity contribution >= 4 is 23.2 Å². The summed E-state index contributed by atoms with van der Waals surface area (Å²) in [7, 11) is 0. The summed E-state index contributed by atoms with van der Waals surface area (Å²) < 4.78 is 5.90. The molecule has 5 nitrogen and oxygen atoms in total. The highest BCUT2D eigenvalue weighted by molar-refractivity contribution is 6.30. The van der Waals surface area contributed by atoms with E-state index >= 15 is 0 Å². The van der Waals surface area contributed by atoms with Gasteiger partial charge in [-0.15, -0.1) is 0 Å². The number of nitrogens with zero attached hydrogens (tertiary/aromatic N) is 3. The third-order valence-corrected chi connectivity index (χ3v) is 6.19. The zero-order valence-electron chi connectivity index (χ0n) is 15.3. The fraction of sp³-hybridized carbons (Fsp3) is 0.650. The van der Waals surface area contributed by atoms with Crippen LogP contribution in [0.3, 0.4) is 0 Å².